The smallest absolute Gasteiger partial charge is 0.224 e. The Bertz CT molecular complexity index is 416. The van der Waals surface area contributed by atoms with Crippen molar-refractivity contribution in [3.63, 3.8) is 0 Å². The molecule has 1 saturated carbocycles. The molecule has 1 spiro atoms. The van der Waals surface area contributed by atoms with Crippen LogP contribution in [0.15, 0.2) is 12.2 Å². The molecule has 1 aliphatic carbocycles. The van der Waals surface area contributed by atoms with E-state index >= 15 is 0 Å². The lowest BCUT2D eigenvalue weighted by molar-refractivity contribution is -0.554. The van der Waals surface area contributed by atoms with Crippen molar-refractivity contribution in [1.82, 2.24) is 0 Å². The van der Waals surface area contributed by atoms with Crippen molar-refractivity contribution in [2.45, 2.75) is 76.5 Å². The number of fused-ring (bicyclic) bond motifs is 1. The van der Waals surface area contributed by atoms with Crippen LogP contribution in [0, 0.1) is 5.41 Å². The first-order valence-corrected chi connectivity index (χ1v) is 7.20. The Morgan fingerprint density at radius 3 is 2.47 bits per heavy atom. The predicted molar refractivity (Wildman–Crippen MR) is 70.2 cm³/mol. The van der Waals surface area contributed by atoms with Crippen molar-refractivity contribution < 1.29 is 19.6 Å². The van der Waals surface area contributed by atoms with Crippen LogP contribution in [0.25, 0.3) is 0 Å². The Labute approximate surface area is 114 Å². The molecule has 0 aromatic heterocycles. The molecule has 1 saturated heterocycles. The van der Waals surface area contributed by atoms with Crippen molar-refractivity contribution in [3.8, 4) is 0 Å². The summed E-state index contributed by atoms with van der Waals surface area (Å²) in [7, 11) is 0. The van der Waals surface area contributed by atoms with E-state index in [4.69, 9.17) is 14.5 Å². The first-order valence-electron chi connectivity index (χ1n) is 7.20. The summed E-state index contributed by atoms with van der Waals surface area (Å²) in [5.74, 6) is -0.932. The minimum absolute atomic E-state index is 0.0338. The molecule has 0 amide bonds. The van der Waals surface area contributed by atoms with Gasteiger partial charge in [-0.05, 0) is 45.3 Å². The first kappa shape index (κ1) is 13.6. The molecule has 4 aliphatic rings. The van der Waals surface area contributed by atoms with Crippen LogP contribution in [0.2, 0.25) is 0 Å². The van der Waals surface area contributed by atoms with Gasteiger partial charge in [0.1, 0.15) is 5.60 Å². The molecular formula is C15H24O4. The average Bonchev–Trinajstić information content (AvgIpc) is 2.26. The van der Waals surface area contributed by atoms with Crippen LogP contribution in [0.4, 0.5) is 0 Å². The fourth-order valence-electron chi connectivity index (χ4n) is 4.11. The van der Waals surface area contributed by atoms with Crippen molar-refractivity contribution in [2.24, 2.45) is 5.41 Å². The molecule has 4 atom stereocenters. The number of hydrogen-bond acceptors (Lipinski definition) is 4. The van der Waals surface area contributed by atoms with Gasteiger partial charge in [-0.25, -0.2) is 4.89 Å². The Morgan fingerprint density at radius 2 is 1.89 bits per heavy atom. The highest BCUT2D eigenvalue weighted by Gasteiger charge is 2.69. The second-order valence-electron chi connectivity index (χ2n) is 7.17. The molecule has 108 valence electrons. The van der Waals surface area contributed by atoms with Gasteiger partial charge in [-0.15, -0.1) is 0 Å². The summed E-state index contributed by atoms with van der Waals surface area (Å²) in [4.78, 5) is 11.4. The first-order chi connectivity index (χ1) is 8.74. The van der Waals surface area contributed by atoms with Crippen molar-refractivity contribution in [3.05, 3.63) is 12.2 Å². The van der Waals surface area contributed by atoms with Crippen molar-refractivity contribution in [1.29, 1.82) is 0 Å². The quantitative estimate of drug-likeness (QED) is 0.618. The second kappa shape index (κ2) is 3.82. The van der Waals surface area contributed by atoms with Gasteiger partial charge in [0.15, 0.2) is 5.60 Å². The normalized spacial score (nSPS) is 48.9. The fraction of sp³-hybridized carbons (Fsp3) is 0.867. The Balaban J connectivity index is 2.03. The highest BCUT2D eigenvalue weighted by atomic mass is 17.3. The van der Waals surface area contributed by atoms with Crippen LogP contribution >= 0.6 is 0 Å². The summed E-state index contributed by atoms with van der Waals surface area (Å²) in [5, 5.41) is 9.65. The summed E-state index contributed by atoms with van der Waals surface area (Å²) in [6.07, 6.45) is 7.08. The molecular weight excluding hydrogens is 244 g/mol. The monoisotopic (exact) mass is 268 g/mol. The van der Waals surface area contributed by atoms with Gasteiger partial charge >= 0.3 is 0 Å². The number of aliphatic hydroxyl groups is 1. The third-order valence-electron chi connectivity index (χ3n) is 5.11. The van der Waals surface area contributed by atoms with E-state index in [0.29, 0.717) is 6.42 Å². The van der Waals surface area contributed by atoms with E-state index in [1.165, 1.54) is 0 Å². The van der Waals surface area contributed by atoms with Crippen LogP contribution in [-0.4, -0.2) is 28.2 Å². The maximum atomic E-state index is 9.65. The zero-order valence-electron chi connectivity index (χ0n) is 12.2. The summed E-state index contributed by atoms with van der Waals surface area (Å²) >= 11 is 0. The van der Waals surface area contributed by atoms with Crippen LogP contribution < -0.4 is 0 Å². The van der Waals surface area contributed by atoms with Crippen molar-refractivity contribution >= 4 is 0 Å². The van der Waals surface area contributed by atoms with Gasteiger partial charge in [-0.2, -0.15) is 4.89 Å². The van der Waals surface area contributed by atoms with Crippen LogP contribution in [-0.2, 0) is 14.5 Å². The Kier molecular flexibility index (Phi) is 2.72. The molecule has 2 fully saturated rings. The molecule has 3 aliphatic heterocycles. The highest BCUT2D eigenvalue weighted by molar-refractivity contribution is 5.27. The number of aliphatic hydroxyl groups excluding tert-OH is 1. The van der Waals surface area contributed by atoms with E-state index in [2.05, 4.69) is 26.8 Å². The molecule has 4 heteroatoms. The van der Waals surface area contributed by atoms with Gasteiger partial charge in [-0.3, -0.25) is 0 Å². The Hall–Kier alpha value is -0.420. The van der Waals surface area contributed by atoms with Crippen LogP contribution in [0.3, 0.4) is 0 Å². The maximum Gasteiger partial charge on any atom is 0.224 e. The third kappa shape index (κ3) is 1.67. The standard InChI is InChI=1S/C15H24O4/c1-11(16)10-14-8-9-15(19-18-14)12(2,3)6-5-7-13(15,4)17-14/h8-9,11,16H,5-7,10H2,1-4H3/t11-,13-,14-,15+/m1/s1. The summed E-state index contributed by atoms with van der Waals surface area (Å²) < 4.78 is 6.31. The van der Waals surface area contributed by atoms with E-state index in [9.17, 15) is 5.11 Å². The summed E-state index contributed by atoms with van der Waals surface area (Å²) in [6.45, 7) is 8.25. The molecule has 4 nitrogen and oxygen atoms in total. The maximum absolute atomic E-state index is 9.65. The lowest BCUT2D eigenvalue weighted by Crippen LogP contribution is -2.73. The van der Waals surface area contributed by atoms with E-state index in [-0.39, 0.29) is 5.41 Å². The fourth-order valence-corrected chi connectivity index (χ4v) is 4.11. The molecule has 0 radical (unpaired) electrons. The van der Waals surface area contributed by atoms with Gasteiger partial charge in [0.25, 0.3) is 0 Å². The average molecular weight is 268 g/mol. The molecule has 1 N–H and O–H groups in total. The lowest BCUT2D eigenvalue weighted by atomic mass is 9.57. The highest BCUT2D eigenvalue weighted by Crippen LogP contribution is 2.60. The molecule has 0 aromatic rings. The number of hydrogen-bond donors (Lipinski definition) is 1. The van der Waals surface area contributed by atoms with E-state index in [0.717, 1.165) is 19.3 Å². The second-order valence-corrected chi connectivity index (χ2v) is 7.17. The molecule has 4 rings (SSSR count). The molecule has 3 heterocycles. The van der Waals surface area contributed by atoms with Crippen LogP contribution in [0.5, 0.6) is 0 Å². The minimum Gasteiger partial charge on any atom is -0.393 e. The molecule has 2 bridgehead atoms. The SMILES string of the molecule is C[C@@H](O)C[C@@]12C=C[C@]3(OO1)C(C)(C)CCC[C@@]3(C)O2. The van der Waals surface area contributed by atoms with Gasteiger partial charge in [0.05, 0.1) is 6.10 Å². The molecule has 19 heavy (non-hydrogen) atoms. The van der Waals surface area contributed by atoms with Crippen molar-refractivity contribution in [2.75, 3.05) is 0 Å². The zero-order chi connectivity index (χ0) is 13.9. The zero-order valence-corrected chi connectivity index (χ0v) is 12.2. The van der Waals surface area contributed by atoms with E-state index in [1.807, 2.05) is 6.08 Å². The minimum atomic E-state index is -0.932. The largest absolute Gasteiger partial charge is 0.393 e. The molecule has 0 unspecified atom stereocenters. The van der Waals surface area contributed by atoms with Gasteiger partial charge in [-0.1, -0.05) is 13.8 Å². The van der Waals surface area contributed by atoms with Gasteiger partial charge in [0.2, 0.25) is 5.79 Å². The lowest BCUT2D eigenvalue weighted by Gasteiger charge is -2.64. The van der Waals surface area contributed by atoms with E-state index in [1.54, 1.807) is 6.92 Å². The number of rotatable bonds is 2. The van der Waals surface area contributed by atoms with E-state index < -0.39 is 23.1 Å². The predicted octanol–water partition coefficient (Wildman–Crippen LogP) is 2.71. The van der Waals surface area contributed by atoms with Crippen LogP contribution in [0.1, 0.15) is 53.4 Å². The Morgan fingerprint density at radius 1 is 1.16 bits per heavy atom. The third-order valence-corrected chi connectivity index (χ3v) is 5.11. The van der Waals surface area contributed by atoms with Gasteiger partial charge < -0.3 is 9.84 Å². The number of ether oxygens (including phenoxy) is 1. The summed E-state index contributed by atoms with van der Waals surface area (Å²) in [6, 6.07) is 0. The topological polar surface area (TPSA) is 47.9 Å². The van der Waals surface area contributed by atoms with Gasteiger partial charge in [0, 0.05) is 11.8 Å². The molecule has 0 aromatic carbocycles. The summed E-state index contributed by atoms with van der Waals surface area (Å²) in [5.41, 5.74) is -0.955.